The van der Waals surface area contributed by atoms with Gasteiger partial charge in [0.05, 0.1) is 0 Å². The molecule has 0 radical (unpaired) electrons. The minimum absolute atomic E-state index is 0.0320. The Hall–Kier alpha value is -2.82. The van der Waals surface area contributed by atoms with E-state index < -0.39 is 0 Å². The number of hydrogen-bond donors (Lipinski definition) is 3. The molecule has 0 bridgehead atoms. The Bertz CT molecular complexity index is 696. The lowest BCUT2D eigenvalue weighted by Gasteiger charge is -2.08. The van der Waals surface area contributed by atoms with Gasteiger partial charge >= 0.3 is 0 Å². The molecule has 0 aliphatic carbocycles. The number of aryl methyl sites for hydroxylation is 2. The van der Waals surface area contributed by atoms with E-state index in [-0.39, 0.29) is 17.6 Å². The number of nitrogens with one attached hydrogen (secondary N) is 2. The third kappa shape index (κ3) is 5.76. The highest BCUT2D eigenvalue weighted by molar-refractivity contribution is 5.94. The molecule has 0 aromatic heterocycles. The summed E-state index contributed by atoms with van der Waals surface area (Å²) >= 11 is 0. The Morgan fingerprint density at radius 2 is 1.71 bits per heavy atom. The van der Waals surface area contributed by atoms with Crippen LogP contribution in [0.15, 0.2) is 48.5 Å². The van der Waals surface area contributed by atoms with Crippen molar-refractivity contribution < 1.29 is 14.7 Å². The lowest BCUT2D eigenvalue weighted by molar-refractivity contribution is -0.121. The summed E-state index contributed by atoms with van der Waals surface area (Å²) in [6, 6.07) is 14.1. The van der Waals surface area contributed by atoms with E-state index in [0.717, 1.165) is 5.56 Å². The van der Waals surface area contributed by atoms with Gasteiger partial charge in [-0.25, -0.2) is 0 Å². The minimum Gasteiger partial charge on any atom is -0.508 e. The average molecular weight is 326 g/mol. The third-order valence-corrected chi connectivity index (χ3v) is 3.59. The van der Waals surface area contributed by atoms with E-state index in [1.165, 1.54) is 17.7 Å². The van der Waals surface area contributed by atoms with Gasteiger partial charge in [-0.1, -0.05) is 29.8 Å². The lowest BCUT2D eigenvalue weighted by atomic mass is 10.1. The number of rotatable bonds is 7. The maximum absolute atomic E-state index is 11.8. The van der Waals surface area contributed by atoms with Crippen molar-refractivity contribution in [1.82, 2.24) is 10.6 Å². The van der Waals surface area contributed by atoms with Gasteiger partial charge in [0.25, 0.3) is 5.91 Å². The van der Waals surface area contributed by atoms with Crippen molar-refractivity contribution in [3.8, 4) is 5.75 Å². The van der Waals surface area contributed by atoms with Gasteiger partial charge < -0.3 is 15.7 Å². The van der Waals surface area contributed by atoms with Crippen molar-refractivity contribution in [2.75, 3.05) is 13.1 Å². The topological polar surface area (TPSA) is 78.4 Å². The molecule has 5 nitrogen and oxygen atoms in total. The van der Waals surface area contributed by atoms with E-state index in [9.17, 15) is 14.7 Å². The number of hydrogen-bond acceptors (Lipinski definition) is 3. The van der Waals surface area contributed by atoms with E-state index >= 15 is 0 Å². The van der Waals surface area contributed by atoms with Crippen LogP contribution in [0, 0.1) is 6.92 Å². The Morgan fingerprint density at radius 3 is 2.42 bits per heavy atom. The van der Waals surface area contributed by atoms with Crippen LogP contribution < -0.4 is 10.6 Å². The maximum Gasteiger partial charge on any atom is 0.251 e. The van der Waals surface area contributed by atoms with E-state index in [4.69, 9.17) is 0 Å². The van der Waals surface area contributed by atoms with Gasteiger partial charge in [0.2, 0.25) is 5.91 Å². The summed E-state index contributed by atoms with van der Waals surface area (Å²) in [5, 5.41) is 14.7. The summed E-state index contributed by atoms with van der Waals surface area (Å²) in [6.45, 7) is 2.77. The minimum atomic E-state index is -0.232. The van der Waals surface area contributed by atoms with E-state index in [2.05, 4.69) is 16.7 Å². The molecule has 0 saturated heterocycles. The zero-order valence-electron chi connectivity index (χ0n) is 13.7. The molecule has 0 saturated carbocycles. The summed E-state index contributed by atoms with van der Waals surface area (Å²) in [5.74, 6) is -0.146. The smallest absolute Gasteiger partial charge is 0.251 e. The van der Waals surface area contributed by atoms with Crippen molar-refractivity contribution in [3.63, 3.8) is 0 Å². The van der Waals surface area contributed by atoms with Crippen LogP contribution in [0.3, 0.4) is 0 Å². The van der Waals surface area contributed by atoms with Gasteiger partial charge in [-0.3, -0.25) is 9.59 Å². The molecule has 2 amide bonds. The molecular weight excluding hydrogens is 304 g/mol. The van der Waals surface area contributed by atoms with Gasteiger partial charge in [-0.05, 0) is 43.2 Å². The Labute approximate surface area is 141 Å². The van der Waals surface area contributed by atoms with Crippen LogP contribution >= 0.6 is 0 Å². The van der Waals surface area contributed by atoms with Crippen molar-refractivity contribution in [3.05, 3.63) is 65.2 Å². The van der Waals surface area contributed by atoms with Crippen molar-refractivity contribution in [2.45, 2.75) is 19.8 Å². The van der Waals surface area contributed by atoms with Crippen molar-refractivity contribution in [1.29, 1.82) is 0 Å². The normalized spacial score (nSPS) is 10.2. The first kappa shape index (κ1) is 17.5. The highest BCUT2D eigenvalue weighted by Gasteiger charge is 2.05. The molecule has 0 atom stereocenters. The first-order chi connectivity index (χ1) is 11.5. The molecule has 0 heterocycles. The van der Waals surface area contributed by atoms with Crippen LogP contribution in [0.5, 0.6) is 5.75 Å². The molecular formula is C19H22N2O3. The zero-order chi connectivity index (χ0) is 17.4. The predicted molar refractivity (Wildman–Crippen MR) is 92.9 cm³/mol. The van der Waals surface area contributed by atoms with Gasteiger partial charge in [-0.2, -0.15) is 0 Å². The lowest BCUT2D eigenvalue weighted by Crippen LogP contribution is -2.34. The average Bonchev–Trinajstić information content (AvgIpc) is 2.57. The summed E-state index contributed by atoms with van der Waals surface area (Å²) in [7, 11) is 0. The van der Waals surface area contributed by atoms with Crippen molar-refractivity contribution >= 4 is 11.8 Å². The predicted octanol–water partition coefficient (Wildman–Crippen LogP) is 2.18. The zero-order valence-corrected chi connectivity index (χ0v) is 13.7. The number of aromatic hydroxyl groups is 1. The number of carbonyl (C=O) groups is 2. The van der Waals surface area contributed by atoms with E-state index in [1.807, 2.05) is 25.1 Å². The van der Waals surface area contributed by atoms with Crippen LogP contribution in [0.1, 0.15) is 27.9 Å². The Morgan fingerprint density at radius 1 is 1.00 bits per heavy atom. The van der Waals surface area contributed by atoms with Crippen LogP contribution in [-0.2, 0) is 11.2 Å². The second-order valence-corrected chi connectivity index (χ2v) is 5.64. The maximum atomic E-state index is 11.8. The van der Waals surface area contributed by atoms with E-state index in [0.29, 0.717) is 31.5 Å². The molecule has 24 heavy (non-hydrogen) atoms. The molecule has 2 aromatic carbocycles. The first-order valence-corrected chi connectivity index (χ1v) is 7.94. The quantitative estimate of drug-likeness (QED) is 0.682. The van der Waals surface area contributed by atoms with Crippen LogP contribution in [-0.4, -0.2) is 30.0 Å². The number of carbonyl (C=O) groups excluding carboxylic acids is 2. The highest BCUT2D eigenvalue weighted by atomic mass is 16.3. The van der Waals surface area contributed by atoms with Gasteiger partial charge in [-0.15, -0.1) is 0 Å². The summed E-state index contributed by atoms with van der Waals surface area (Å²) in [6.07, 6.45) is 1.13. The van der Waals surface area contributed by atoms with Crippen LogP contribution in [0.4, 0.5) is 0 Å². The Kier molecular flexibility index (Phi) is 6.37. The van der Waals surface area contributed by atoms with Gasteiger partial charge in [0.1, 0.15) is 5.75 Å². The number of phenols is 1. The molecule has 0 fully saturated rings. The third-order valence-electron chi connectivity index (χ3n) is 3.59. The molecule has 0 aliphatic rings. The second kappa shape index (κ2) is 8.72. The van der Waals surface area contributed by atoms with E-state index in [1.54, 1.807) is 12.1 Å². The SMILES string of the molecule is Cc1cccc(CCC(=O)NCCNC(=O)c2ccc(O)cc2)c1. The summed E-state index contributed by atoms with van der Waals surface area (Å²) < 4.78 is 0. The molecule has 0 aliphatic heterocycles. The van der Waals surface area contributed by atoms with Crippen LogP contribution in [0.25, 0.3) is 0 Å². The molecule has 3 N–H and O–H groups in total. The first-order valence-electron chi connectivity index (χ1n) is 7.94. The molecule has 5 heteroatoms. The number of benzene rings is 2. The monoisotopic (exact) mass is 326 g/mol. The largest absolute Gasteiger partial charge is 0.508 e. The molecule has 2 rings (SSSR count). The second-order valence-electron chi connectivity index (χ2n) is 5.64. The number of amides is 2. The fourth-order valence-electron chi connectivity index (χ4n) is 2.31. The molecule has 0 unspecified atom stereocenters. The molecule has 2 aromatic rings. The standard InChI is InChI=1S/C19H22N2O3/c1-14-3-2-4-15(13-14)5-10-18(23)20-11-12-21-19(24)16-6-8-17(22)9-7-16/h2-4,6-9,13,22H,5,10-12H2,1H3,(H,20,23)(H,21,24). The van der Waals surface area contributed by atoms with Gasteiger partial charge in [0.15, 0.2) is 0 Å². The summed E-state index contributed by atoms with van der Waals surface area (Å²) in [4.78, 5) is 23.6. The fourth-order valence-corrected chi connectivity index (χ4v) is 2.31. The highest BCUT2D eigenvalue weighted by Crippen LogP contribution is 2.09. The van der Waals surface area contributed by atoms with Gasteiger partial charge in [0, 0.05) is 25.1 Å². The Balaban J connectivity index is 1.64. The molecule has 126 valence electrons. The van der Waals surface area contributed by atoms with Crippen molar-refractivity contribution in [2.24, 2.45) is 0 Å². The molecule has 0 spiro atoms. The van der Waals surface area contributed by atoms with Crippen LogP contribution in [0.2, 0.25) is 0 Å². The summed E-state index contributed by atoms with van der Waals surface area (Å²) in [5.41, 5.74) is 2.80. The fraction of sp³-hybridized carbons (Fsp3) is 0.263. The number of phenolic OH excluding ortho intramolecular Hbond substituents is 1.